The van der Waals surface area contributed by atoms with Crippen molar-refractivity contribution in [1.29, 1.82) is 0 Å². The second kappa shape index (κ2) is 13.7. The topological polar surface area (TPSA) is 54.4 Å². The molecule has 5 atom stereocenters. The maximum absolute atomic E-state index is 13.1. The molecule has 0 aromatic carbocycles. The molecule has 0 amide bonds. The van der Waals surface area contributed by atoms with Crippen molar-refractivity contribution in [2.45, 2.75) is 117 Å². The van der Waals surface area contributed by atoms with E-state index in [1.54, 1.807) is 0 Å². The quantitative estimate of drug-likeness (QED) is 0.169. The van der Waals surface area contributed by atoms with Crippen LogP contribution in [-0.4, -0.2) is 19.8 Å². The average molecular weight is 427 g/mol. The van der Waals surface area contributed by atoms with E-state index in [-0.39, 0.29) is 34.2 Å². The molecule has 0 aromatic heterocycles. The van der Waals surface area contributed by atoms with Crippen LogP contribution in [0.5, 0.6) is 0 Å². The van der Waals surface area contributed by atoms with Gasteiger partial charge in [0.15, 0.2) is 11.1 Å². The van der Waals surface area contributed by atoms with E-state index in [1.165, 1.54) is 44.9 Å². The third kappa shape index (κ3) is 9.46. The Morgan fingerprint density at radius 2 is 1.66 bits per heavy atom. The highest BCUT2D eigenvalue weighted by molar-refractivity contribution is 7.79. The summed E-state index contributed by atoms with van der Waals surface area (Å²) in [7, 11) is 0. The van der Waals surface area contributed by atoms with Crippen LogP contribution in [0.2, 0.25) is 0 Å². The normalized spacial score (nSPS) is 24.2. The van der Waals surface area contributed by atoms with E-state index in [9.17, 15) is 13.6 Å². The Morgan fingerprint density at radius 3 is 2.17 bits per heavy atom. The van der Waals surface area contributed by atoms with Gasteiger partial charge in [0.05, 0.1) is 5.25 Å². The molecule has 4 heteroatoms. The van der Waals surface area contributed by atoms with Crippen molar-refractivity contribution in [3.05, 3.63) is 12.2 Å². The molecule has 1 rings (SSSR count). The molecule has 5 unspecified atom stereocenters. The summed E-state index contributed by atoms with van der Waals surface area (Å²) in [5.74, 6) is 0.474. The van der Waals surface area contributed by atoms with Gasteiger partial charge in [-0.15, -0.1) is 0 Å². The van der Waals surface area contributed by atoms with Crippen molar-refractivity contribution >= 4 is 16.9 Å². The Kier molecular flexibility index (Phi) is 12.6. The van der Waals surface area contributed by atoms with Crippen LogP contribution in [0, 0.1) is 23.2 Å². The van der Waals surface area contributed by atoms with Gasteiger partial charge in [-0.1, -0.05) is 105 Å². The van der Waals surface area contributed by atoms with Crippen molar-refractivity contribution in [1.82, 2.24) is 0 Å². The maximum Gasteiger partial charge on any atom is 0.156 e. The molecular formula is C25H46O3S. The van der Waals surface area contributed by atoms with Crippen molar-refractivity contribution in [3.63, 3.8) is 0 Å². The zero-order valence-corrected chi connectivity index (χ0v) is 20.4. The van der Waals surface area contributed by atoms with Gasteiger partial charge in [-0.05, 0) is 30.1 Å². The summed E-state index contributed by atoms with van der Waals surface area (Å²) in [6, 6.07) is 0. The van der Waals surface area contributed by atoms with Crippen LogP contribution in [0.4, 0.5) is 0 Å². The van der Waals surface area contributed by atoms with Crippen LogP contribution in [0.15, 0.2) is 12.2 Å². The van der Waals surface area contributed by atoms with Gasteiger partial charge in [-0.3, -0.25) is 4.79 Å². The smallest absolute Gasteiger partial charge is 0.156 e. The van der Waals surface area contributed by atoms with Crippen LogP contribution < -0.4 is 0 Å². The number of hydrogen-bond donors (Lipinski definition) is 1. The Balaban J connectivity index is 2.42. The molecule has 0 radical (unpaired) electrons. The summed E-state index contributed by atoms with van der Waals surface area (Å²) in [4.78, 5) is 13.1. The summed E-state index contributed by atoms with van der Waals surface area (Å²) in [5, 5.41) is -0.291. The summed E-state index contributed by atoms with van der Waals surface area (Å²) in [6.07, 6.45) is 17.6. The minimum Gasteiger partial charge on any atom is -0.306 e. The molecule has 1 aliphatic carbocycles. The number of allylic oxidation sites excluding steroid dienone is 2. The molecule has 1 N–H and O–H groups in total. The van der Waals surface area contributed by atoms with Gasteiger partial charge < -0.3 is 4.55 Å². The van der Waals surface area contributed by atoms with Crippen molar-refractivity contribution in [2.24, 2.45) is 23.2 Å². The third-order valence-corrected chi connectivity index (χ3v) is 8.03. The highest BCUT2D eigenvalue weighted by Gasteiger charge is 2.40. The fraction of sp³-hybridized carbons (Fsp3) is 0.880. The minimum atomic E-state index is -1.86. The van der Waals surface area contributed by atoms with Gasteiger partial charge in [0.25, 0.3) is 0 Å². The standard InChI is InChI=1S/C25H46O3S/c1-6-7-8-9-10-11-12-13-14-17-23(29(27)28)21(3)19-22(26)24-20(2)16-15-18-25(24,4)5/h15-16,20-21,23-24H,6-14,17-19H2,1-5H3,(H,27,28). The van der Waals surface area contributed by atoms with Gasteiger partial charge in [0, 0.05) is 12.3 Å². The summed E-state index contributed by atoms with van der Waals surface area (Å²) >= 11 is -1.86. The summed E-state index contributed by atoms with van der Waals surface area (Å²) in [5.41, 5.74) is -0.0318. The predicted octanol–water partition coefficient (Wildman–Crippen LogP) is 7.33. The second-order valence-corrected chi connectivity index (χ2v) is 11.2. The number of rotatable bonds is 15. The number of ketones is 1. The summed E-state index contributed by atoms with van der Waals surface area (Å²) in [6.45, 7) is 10.7. The minimum absolute atomic E-state index is 0.00966. The lowest BCUT2D eigenvalue weighted by Gasteiger charge is -2.39. The van der Waals surface area contributed by atoms with Gasteiger partial charge in [0.1, 0.15) is 5.78 Å². The molecule has 0 heterocycles. The highest BCUT2D eigenvalue weighted by atomic mass is 32.2. The molecule has 0 bridgehead atoms. The number of unbranched alkanes of at least 4 members (excludes halogenated alkanes) is 8. The van der Waals surface area contributed by atoms with E-state index < -0.39 is 11.1 Å². The lowest BCUT2D eigenvalue weighted by atomic mass is 9.64. The molecule has 0 spiro atoms. The molecule has 1 aliphatic rings. The Morgan fingerprint density at radius 1 is 1.10 bits per heavy atom. The monoisotopic (exact) mass is 426 g/mol. The van der Waals surface area contributed by atoms with Crippen molar-refractivity contribution in [3.8, 4) is 0 Å². The van der Waals surface area contributed by atoms with Crippen LogP contribution in [0.25, 0.3) is 0 Å². The van der Waals surface area contributed by atoms with Crippen LogP contribution in [-0.2, 0) is 15.9 Å². The molecule has 0 saturated carbocycles. The Labute approximate surface area is 182 Å². The first-order valence-corrected chi connectivity index (χ1v) is 13.2. The van der Waals surface area contributed by atoms with E-state index in [0.717, 1.165) is 25.7 Å². The molecule has 0 saturated heterocycles. The SMILES string of the molecule is CCCCCCCCCCCC(C(C)CC(=O)C1C(C)C=CCC1(C)C)S(=O)O. The number of Topliss-reactive ketones (excluding diaryl/α,β-unsaturated/α-hetero) is 1. The van der Waals surface area contributed by atoms with E-state index in [2.05, 4.69) is 39.8 Å². The van der Waals surface area contributed by atoms with Crippen LogP contribution in [0.1, 0.15) is 112 Å². The van der Waals surface area contributed by atoms with Crippen molar-refractivity contribution in [2.75, 3.05) is 0 Å². The zero-order valence-electron chi connectivity index (χ0n) is 19.6. The lowest BCUT2D eigenvalue weighted by Crippen LogP contribution is -2.39. The van der Waals surface area contributed by atoms with Crippen molar-refractivity contribution < 1.29 is 13.6 Å². The van der Waals surface area contributed by atoms with Gasteiger partial charge in [-0.2, -0.15) is 0 Å². The first-order chi connectivity index (χ1) is 13.7. The Bertz CT molecular complexity index is 526. The van der Waals surface area contributed by atoms with Crippen LogP contribution in [0.3, 0.4) is 0 Å². The van der Waals surface area contributed by atoms with E-state index in [4.69, 9.17) is 0 Å². The highest BCUT2D eigenvalue weighted by Crippen LogP contribution is 2.42. The number of hydrogen-bond acceptors (Lipinski definition) is 2. The molecule has 170 valence electrons. The number of carbonyl (C=O) groups is 1. The van der Waals surface area contributed by atoms with E-state index in [1.807, 2.05) is 6.92 Å². The summed E-state index contributed by atoms with van der Waals surface area (Å²) < 4.78 is 21.8. The second-order valence-electron chi connectivity index (χ2n) is 10.0. The fourth-order valence-electron chi connectivity index (χ4n) is 5.08. The lowest BCUT2D eigenvalue weighted by molar-refractivity contribution is -0.129. The first-order valence-electron chi connectivity index (χ1n) is 12.0. The fourth-order valence-corrected chi connectivity index (χ4v) is 5.94. The van der Waals surface area contributed by atoms with Gasteiger partial charge >= 0.3 is 0 Å². The zero-order chi connectivity index (χ0) is 21.9. The molecule has 0 fully saturated rings. The largest absolute Gasteiger partial charge is 0.306 e. The Hall–Kier alpha value is -0.480. The molecule has 0 aromatic rings. The predicted molar refractivity (Wildman–Crippen MR) is 125 cm³/mol. The van der Waals surface area contributed by atoms with Gasteiger partial charge in [-0.25, -0.2) is 4.21 Å². The first kappa shape index (κ1) is 26.6. The van der Waals surface area contributed by atoms with Gasteiger partial charge in [0.2, 0.25) is 0 Å². The molecular weight excluding hydrogens is 380 g/mol. The van der Waals surface area contributed by atoms with E-state index in [0.29, 0.717) is 6.42 Å². The third-order valence-electron chi connectivity index (χ3n) is 6.81. The molecule has 29 heavy (non-hydrogen) atoms. The maximum atomic E-state index is 13.1. The van der Waals surface area contributed by atoms with Crippen LogP contribution >= 0.6 is 0 Å². The average Bonchev–Trinajstić information content (AvgIpc) is 2.61. The molecule has 3 nitrogen and oxygen atoms in total. The number of carbonyl (C=O) groups excluding carboxylic acids is 1. The molecule has 0 aliphatic heterocycles. The van der Waals surface area contributed by atoms with E-state index >= 15 is 0 Å².